The minimum absolute atomic E-state index is 0.179. The molecule has 0 aromatic heterocycles. The van der Waals surface area contributed by atoms with Crippen LogP contribution in [0.15, 0.2) is 64.6 Å². The third-order valence-corrected chi connectivity index (χ3v) is 4.58. The first-order chi connectivity index (χ1) is 11.6. The number of hydrogen-bond acceptors (Lipinski definition) is 4. The first-order valence-electron chi connectivity index (χ1n) is 7.94. The fourth-order valence-corrected chi connectivity index (χ4v) is 2.83. The van der Waals surface area contributed by atoms with Crippen LogP contribution in [-0.2, 0) is 10.0 Å². The third kappa shape index (κ3) is 5.70. The Morgan fingerprint density at radius 3 is 2.42 bits per heavy atom. The summed E-state index contributed by atoms with van der Waals surface area (Å²) in [6, 6.07) is 15.5. The van der Waals surface area contributed by atoms with E-state index in [1.807, 2.05) is 24.3 Å². The van der Waals surface area contributed by atoms with E-state index in [0.29, 0.717) is 6.61 Å². The number of ether oxygens (including phenoxy) is 1. The molecule has 0 amide bonds. The van der Waals surface area contributed by atoms with Gasteiger partial charge < -0.3 is 4.74 Å². The molecule has 0 atom stereocenters. The molecule has 2 rings (SSSR count). The van der Waals surface area contributed by atoms with Gasteiger partial charge in [0.15, 0.2) is 0 Å². The molecule has 128 valence electrons. The highest BCUT2D eigenvalue weighted by molar-refractivity contribution is 7.89. The maximum absolute atomic E-state index is 12.0. The molecule has 0 saturated carbocycles. The maximum atomic E-state index is 12.0. The smallest absolute Gasteiger partial charge is 0.276 e. The van der Waals surface area contributed by atoms with Gasteiger partial charge in [-0.1, -0.05) is 38.0 Å². The average molecular weight is 346 g/mol. The molecular formula is C18H22N2O3S. The summed E-state index contributed by atoms with van der Waals surface area (Å²) in [5.74, 6) is 0.799. The summed E-state index contributed by atoms with van der Waals surface area (Å²) in [5, 5.41) is 3.80. The monoisotopic (exact) mass is 346 g/mol. The quantitative estimate of drug-likeness (QED) is 0.429. The van der Waals surface area contributed by atoms with E-state index in [1.54, 1.807) is 18.2 Å². The number of sulfonamides is 1. The van der Waals surface area contributed by atoms with Crippen molar-refractivity contribution in [3.05, 3.63) is 60.2 Å². The van der Waals surface area contributed by atoms with Crippen LogP contribution in [0.4, 0.5) is 0 Å². The zero-order valence-corrected chi connectivity index (χ0v) is 14.5. The van der Waals surface area contributed by atoms with E-state index in [0.717, 1.165) is 30.6 Å². The number of rotatable bonds is 9. The van der Waals surface area contributed by atoms with Gasteiger partial charge in [-0.2, -0.15) is 13.5 Å². The molecule has 0 fully saturated rings. The zero-order chi connectivity index (χ0) is 17.3. The van der Waals surface area contributed by atoms with Gasteiger partial charge in [-0.25, -0.2) is 4.83 Å². The number of hydrazone groups is 1. The van der Waals surface area contributed by atoms with E-state index in [1.165, 1.54) is 18.3 Å². The molecule has 2 aromatic rings. The molecule has 0 aliphatic carbocycles. The number of benzene rings is 2. The second-order valence-electron chi connectivity index (χ2n) is 5.29. The van der Waals surface area contributed by atoms with E-state index in [4.69, 9.17) is 4.74 Å². The molecule has 5 nitrogen and oxygen atoms in total. The molecule has 0 saturated heterocycles. The summed E-state index contributed by atoms with van der Waals surface area (Å²) in [6.07, 6.45) is 4.83. The van der Waals surface area contributed by atoms with Gasteiger partial charge in [0.05, 0.1) is 17.7 Å². The van der Waals surface area contributed by atoms with Crippen molar-refractivity contribution < 1.29 is 13.2 Å². The third-order valence-electron chi connectivity index (χ3n) is 3.34. The molecular weight excluding hydrogens is 324 g/mol. The topological polar surface area (TPSA) is 67.8 Å². The predicted molar refractivity (Wildman–Crippen MR) is 95.8 cm³/mol. The second-order valence-corrected chi connectivity index (χ2v) is 6.95. The number of unbranched alkanes of at least 4 members (excludes halogenated alkanes) is 2. The molecule has 1 N–H and O–H groups in total. The fourth-order valence-electron chi connectivity index (χ4n) is 2.01. The average Bonchev–Trinajstić information content (AvgIpc) is 2.61. The number of nitrogens with zero attached hydrogens (tertiary/aromatic N) is 1. The molecule has 0 bridgehead atoms. The van der Waals surface area contributed by atoms with Gasteiger partial charge in [0.1, 0.15) is 5.75 Å². The van der Waals surface area contributed by atoms with Crippen LogP contribution in [0.3, 0.4) is 0 Å². The van der Waals surface area contributed by atoms with Gasteiger partial charge in [-0.05, 0) is 48.4 Å². The van der Waals surface area contributed by atoms with Crippen molar-refractivity contribution in [2.75, 3.05) is 6.61 Å². The summed E-state index contributed by atoms with van der Waals surface area (Å²) in [5.41, 5.74) is 0.784. The molecule has 0 aliphatic heterocycles. The maximum Gasteiger partial charge on any atom is 0.276 e. The van der Waals surface area contributed by atoms with Crippen LogP contribution >= 0.6 is 0 Å². The summed E-state index contributed by atoms with van der Waals surface area (Å²) in [7, 11) is -3.63. The summed E-state index contributed by atoms with van der Waals surface area (Å²) in [4.78, 5) is 2.38. The van der Waals surface area contributed by atoms with Gasteiger partial charge in [-0.15, -0.1) is 0 Å². The van der Waals surface area contributed by atoms with Crippen LogP contribution in [0.1, 0.15) is 31.7 Å². The first-order valence-corrected chi connectivity index (χ1v) is 9.43. The molecule has 0 aliphatic rings. The summed E-state index contributed by atoms with van der Waals surface area (Å²) < 4.78 is 29.6. The Hall–Kier alpha value is -2.34. The van der Waals surface area contributed by atoms with Gasteiger partial charge in [0.25, 0.3) is 10.0 Å². The first kappa shape index (κ1) is 18.0. The van der Waals surface area contributed by atoms with Crippen molar-refractivity contribution in [3.63, 3.8) is 0 Å². The van der Waals surface area contributed by atoms with E-state index in [-0.39, 0.29) is 4.90 Å². The highest BCUT2D eigenvalue weighted by Crippen LogP contribution is 2.12. The van der Waals surface area contributed by atoms with E-state index in [9.17, 15) is 8.42 Å². The molecule has 0 heterocycles. The Morgan fingerprint density at radius 1 is 1.04 bits per heavy atom. The van der Waals surface area contributed by atoms with Crippen LogP contribution in [-0.4, -0.2) is 21.2 Å². The molecule has 2 aromatic carbocycles. The SMILES string of the molecule is CCCCCOc1ccc(/C=N\NS(=O)(=O)c2ccccc2)cc1. The minimum Gasteiger partial charge on any atom is -0.494 e. The lowest BCUT2D eigenvalue weighted by atomic mass is 10.2. The van der Waals surface area contributed by atoms with E-state index >= 15 is 0 Å². The summed E-state index contributed by atoms with van der Waals surface area (Å²) >= 11 is 0. The van der Waals surface area contributed by atoms with Gasteiger partial charge >= 0.3 is 0 Å². The van der Waals surface area contributed by atoms with Crippen molar-refractivity contribution >= 4 is 16.2 Å². The number of nitrogens with one attached hydrogen (secondary N) is 1. The van der Waals surface area contributed by atoms with Gasteiger partial charge in [-0.3, -0.25) is 0 Å². The zero-order valence-electron chi connectivity index (χ0n) is 13.7. The van der Waals surface area contributed by atoms with E-state index < -0.39 is 10.0 Å². The lowest BCUT2D eigenvalue weighted by molar-refractivity contribution is 0.306. The lowest BCUT2D eigenvalue weighted by Crippen LogP contribution is -2.18. The Bertz CT molecular complexity index is 742. The van der Waals surface area contributed by atoms with Crippen molar-refractivity contribution in [3.8, 4) is 5.75 Å². The highest BCUT2D eigenvalue weighted by atomic mass is 32.2. The van der Waals surface area contributed by atoms with Crippen LogP contribution in [0.2, 0.25) is 0 Å². The van der Waals surface area contributed by atoms with Crippen LogP contribution < -0.4 is 9.57 Å². The van der Waals surface area contributed by atoms with Crippen molar-refractivity contribution in [1.82, 2.24) is 4.83 Å². The van der Waals surface area contributed by atoms with Gasteiger partial charge in [0, 0.05) is 0 Å². The molecule has 0 radical (unpaired) electrons. The largest absolute Gasteiger partial charge is 0.494 e. The van der Waals surface area contributed by atoms with Crippen LogP contribution in [0, 0.1) is 0 Å². The highest BCUT2D eigenvalue weighted by Gasteiger charge is 2.10. The van der Waals surface area contributed by atoms with Crippen LogP contribution in [0.25, 0.3) is 0 Å². The van der Waals surface area contributed by atoms with Crippen molar-refractivity contribution in [1.29, 1.82) is 0 Å². The van der Waals surface area contributed by atoms with Crippen molar-refractivity contribution in [2.45, 2.75) is 31.1 Å². The Kier molecular flexibility index (Phi) is 6.81. The fraction of sp³-hybridized carbons (Fsp3) is 0.278. The van der Waals surface area contributed by atoms with Crippen LogP contribution in [0.5, 0.6) is 5.75 Å². The molecule has 0 spiro atoms. The standard InChI is InChI=1S/C18H22N2O3S/c1-2-3-7-14-23-17-12-10-16(11-13-17)15-19-20-24(21,22)18-8-5-4-6-9-18/h4-6,8-13,15,20H,2-3,7,14H2,1H3/b19-15-. The number of hydrogen-bond donors (Lipinski definition) is 1. The lowest BCUT2D eigenvalue weighted by Gasteiger charge is -2.05. The normalized spacial score (nSPS) is 11.5. The molecule has 0 unspecified atom stereocenters. The Balaban J connectivity index is 1.88. The summed E-state index contributed by atoms with van der Waals surface area (Å²) in [6.45, 7) is 2.86. The van der Waals surface area contributed by atoms with E-state index in [2.05, 4.69) is 16.9 Å². The predicted octanol–water partition coefficient (Wildman–Crippen LogP) is 3.57. The molecule has 6 heteroatoms. The van der Waals surface area contributed by atoms with Crippen molar-refractivity contribution in [2.24, 2.45) is 5.10 Å². The van der Waals surface area contributed by atoms with Gasteiger partial charge in [0.2, 0.25) is 0 Å². The molecule has 24 heavy (non-hydrogen) atoms. The minimum atomic E-state index is -3.63. The Labute approximate surface area is 143 Å². The second kappa shape index (κ2) is 9.08. The Morgan fingerprint density at radius 2 is 1.75 bits per heavy atom.